The molecule has 0 saturated carbocycles. The van der Waals surface area contributed by atoms with Gasteiger partial charge in [0.2, 0.25) is 0 Å². The molecule has 2 aromatic rings. The van der Waals surface area contributed by atoms with Gasteiger partial charge in [0.05, 0.1) is 15.3 Å². The Morgan fingerprint density at radius 1 is 1.22 bits per heavy atom. The second-order valence-corrected chi connectivity index (χ2v) is 6.55. The number of thiophene rings is 1. The van der Waals surface area contributed by atoms with Crippen molar-refractivity contribution in [3.63, 3.8) is 0 Å². The van der Waals surface area contributed by atoms with Crippen molar-refractivity contribution < 1.29 is 9.53 Å². The van der Waals surface area contributed by atoms with Crippen molar-refractivity contribution in [2.75, 3.05) is 6.61 Å². The van der Waals surface area contributed by atoms with E-state index in [1.54, 1.807) is 18.2 Å². The number of halogens is 2. The summed E-state index contributed by atoms with van der Waals surface area (Å²) < 4.78 is 6.33. The molecule has 0 radical (unpaired) electrons. The lowest BCUT2D eigenvalue weighted by Gasteiger charge is -2.03. The molecule has 0 aliphatic rings. The summed E-state index contributed by atoms with van der Waals surface area (Å²) in [7, 11) is 0. The van der Waals surface area contributed by atoms with Crippen LogP contribution in [0.4, 0.5) is 0 Å². The maximum absolute atomic E-state index is 11.7. The summed E-state index contributed by atoms with van der Waals surface area (Å²) in [5, 5.41) is 0.693. The minimum absolute atomic E-state index is 0.000312. The van der Waals surface area contributed by atoms with E-state index in [2.05, 4.69) is 15.9 Å². The van der Waals surface area contributed by atoms with Gasteiger partial charge in [0.1, 0.15) is 6.61 Å². The first-order valence-electron chi connectivity index (χ1n) is 5.26. The van der Waals surface area contributed by atoms with E-state index in [-0.39, 0.29) is 12.4 Å². The zero-order valence-electron chi connectivity index (χ0n) is 9.36. The molecule has 0 unspecified atom stereocenters. The van der Waals surface area contributed by atoms with E-state index in [1.165, 1.54) is 11.3 Å². The number of carbonyl (C=O) groups is 1. The van der Waals surface area contributed by atoms with Crippen LogP contribution in [0.3, 0.4) is 0 Å². The van der Waals surface area contributed by atoms with Gasteiger partial charge in [-0.2, -0.15) is 0 Å². The van der Waals surface area contributed by atoms with Crippen LogP contribution >= 0.6 is 38.9 Å². The van der Waals surface area contributed by atoms with Gasteiger partial charge in [-0.15, -0.1) is 11.3 Å². The van der Waals surface area contributed by atoms with Gasteiger partial charge in [-0.25, -0.2) is 0 Å². The van der Waals surface area contributed by atoms with Crippen LogP contribution in [-0.2, 0) is 11.3 Å². The van der Waals surface area contributed by atoms with E-state index in [9.17, 15) is 4.79 Å². The summed E-state index contributed by atoms with van der Waals surface area (Å²) in [4.78, 5) is 12.5. The molecular weight excluding hydrogens is 336 g/mol. The molecule has 0 saturated heterocycles. The molecule has 1 aromatic heterocycles. The van der Waals surface area contributed by atoms with Crippen LogP contribution in [0.25, 0.3) is 0 Å². The first-order chi connectivity index (χ1) is 8.65. The van der Waals surface area contributed by atoms with Crippen LogP contribution in [0.1, 0.15) is 15.2 Å². The average Bonchev–Trinajstić information content (AvgIpc) is 2.78. The number of ketones is 1. The highest BCUT2D eigenvalue weighted by Crippen LogP contribution is 2.22. The predicted molar refractivity (Wildman–Crippen MR) is 77.5 cm³/mol. The molecule has 0 amide bonds. The first-order valence-corrected chi connectivity index (χ1v) is 7.24. The summed E-state index contributed by atoms with van der Waals surface area (Å²) >= 11 is 10.5. The highest BCUT2D eigenvalue weighted by atomic mass is 79.9. The van der Waals surface area contributed by atoms with E-state index in [4.69, 9.17) is 16.3 Å². The molecule has 0 spiro atoms. The molecule has 0 N–H and O–H groups in total. The van der Waals surface area contributed by atoms with Gasteiger partial charge in [0.25, 0.3) is 0 Å². The largest absolute Gasteiger partial charge is 0.369 e. The number of ether oxygens (including phenoxy) is 1. The van der Waals surface area contributed by atoms with E-state index in [1.807, 2.05) is 18.2 Å². The van der Waals surface area contributed by atoms with Crippen LogP contribution in [0.2, 0.25) is 5.02 Å². The summed E-state index contributed by atoms with van der Waals surface area (Å²) in [6.07, 6.45) is 0. The van der Waals surface area contributed by atoms with Gasteiger partial charge >= 0.3 is 0 Å². The number of hydrogen-bond donors (Lipinski definition) is 0. The van der Waals surface area contributed by atoms with Gasteiger partial charge in [0, 0.05) is 5.02 Å². The maximum atomic E-state index is 11.7. The quantitative estimate of drug-likeness (QED) is 0.742. The van der Waals surface area contributed by atoms with Crippen molar-refractivity contribution in [2.24, 2.45) is 0 Å². The molecule has 5 heteroatoms. The number of benzene rings is 1. The third kappa shape index (κ3) is 3.92. The van der Waals surface area contributed by atoms with Crippen LogP contribution in [0.15, 0.2) is 40.2 Å². The normalized spacial score (nSPS) is 10.6. The molecule has 1 aromatic carbocycles. The summed E-state index contributed by atoms with van der Waals surface area (Å²) in [5.41, 5.74) is 1.000. The second-order valence-electron chi connectivity index (χ2n) is 3.65. The number of carbonyl (C=O) groups excluding carboxylic acids is 1. The van der Waals surface area contributed by atoms with Gasteiger partial charge in [-0.1, -0.05) is 23.7 Å². The Labute approximate surface area is 123 Å². The first kappa shape index (κ1) is 13.7. The number of hydrogen-bond acceptors (Lipinski definition) is 3. The van der Waals surface area contributed by atoms with Crippen molar-refractivity contribution >= 4 is 44.7 Å². The Kier molecular flexibility index (Phi) is 4.95. The van der Waals surface area contributed by atoms with Gasteiger partial charge in [-0.05, 0) is 45.8 Å². The molecule has 1 heterocycles. The topological polar surface area (TPSA) is 26.3 Å². The molecule has 0 aliphatic carbocycles. The SMILES string of the molecule is O=C(COCc1ccc(Cl)cc1)c1ccc(Br)s1. The van der Waals surface area contributed by atoms with Gasteiger partial charge < -0.3 is 4.74 Å². The second kappa shape index (κ2) is 6.48. The minimum atomic E-state index is -0.000312. The van der Waals surface area contributed by atoms with Crippen LogP contribution in [-0.4, -0.2) is 12.4 Å². The average molecular weight is 346 g/mol. The lowest BCUT2D eigenvalue weighted by molar-refractivity contribution is 0.0730. The number of rotatable bonds is 5. The Balaban J connectivity index is 1.82. The molecule has 0 fully saturated rings. The zero-order chi connectivity index (χ0) is 13.0. The van der Waals surface area contributed by atoms with Crippen molar-refractivity contribution in [3.8, 4) is 0 Å². The van der Waals surface area contributed by atoms with Gasteiger partial charge in [0.15, 0.2) is 5.78 Å². The smallest absolute Gasteiger partial charge is 0.198 e. The monoisotopic (exact) mass is 344 g/mol. The minimum Gasteiger partial charge on any atom is -0.369 e. The lowest BCUT2D eigenvalue weighted by Crippen LogP contribution is -2.07. The van der Waals surface area contributed by atoms with E-state index < -0.39 is 0 Å². The fourth-order valence-corrected chi connectivity index (χ4v) is 2.81. The molecule has 0 atom stereocenters. The van der Waals surface area contributed by atoms with E-state index >= 15 is 0 Å². The van der Waals surface area contributed by atoms with Crippen LogP contribution < -0.4 is 0 Å². The summed E-state index contributed by atoms with van der Waals surface area (Å²) in [5.74, 6) is -0.000312. The van der Waals surface area contributed by atoms with Crippen LogP contribution in [0, 0.1) is 0 Å². The fourth-order valence-electron chi connectivity index (χ4n) is 1.38. The molecular formula is C13H10BrClO2S. The third-order valence-corrected chi connectivity index (χ3v) is 4.18. The van der Waals surface area contributed by atoms with Gasteiger partial charge in [-0.3, -0.25) is 4.79 Å². The molecule has 0 aliphatic heterocycles. The van der Waals surface area contributed by atoms with E-state index in [0.29, 0.717) is 16.5 Å². The molecule has 0 bridgehead atoms. The van der Waals surface area contributed by atoms with Crippen LogP contribution in [0.5, 0.6) is 0 Å². The van der Waals surface area contributed by atoms with Crippen molar-refractivity contribution in [2.45, 2.75) is 6.61 Å². The highest BCUT2D eigenvalue weighted by Gasteiger charge is 2.08. The highest BCUT2D eigenvalue weighted by molar-refractivity contribution is 9.11. The fraction of sp³-hybridized carbons (Fsp3) is 0.154. The Morgan fingerprint density at radius 2 is 1.94 bits per heavy atom. The van der Waals surface area contributed by atoms with E-state index in [0.717, 1.165) is 9.35 Å². The van der Waals surface area contributed by atoms with Crippen molar-refractivity contribution in [1.82, 2.24) is 0 Å². The predicted octanol–water partition coefficient (Wildman–Crippen LogP) is 4.56. The Bertz CT molecular complexity index is 536. The Hall–Kier alpha value is -0.680. The lowest BCUT2D eigenvalue weighted by atomic mass is 10.2. The summed E-state index contributed by atoms with van der Waals surface area (Å²) in [6.45, 7) is 0.505. The summed E-state index contributed by atoms with van der Waals surface area (Å²) in [6, 6.07) is 11.0. The zero-order valence-corrected chi connectivity index (χ0v) is 12.5. The van der Waals surface area contributed by atoms with Crippen molar-refractivity contribution in [3.05, 3.63) is 55.6 Å². The third-order valence-electron chi connectivity index (χ3n) is 2.26. The Morgan fingerprint density at radius 3 is 2.56 bits per heavy atom. The number of Topliss-reactive ketones (excluding diaryl/α,β-unsaturated/α-hetero) is 1. The maximum Gasteiger partial charge on any atom is 0.198 e. The standard InChI is InChI=1S/C13H10BrClO2S/c14-13-6-5-12(18-13)11(16)8-17-7-9-1-3-10(15)4-2-9/h1-6H,7-8H2. The molecule has 2 rings (SSSR count). The molecule has 94 valence electrons. The molecule has 18 heavy (non-hydrogen) atoms. The molecule has 2 nitrogen and oxygen atoms in total. The van der Waals surface area contributed by atoms with Crippen molar-refractivity contribution in [1.29, 1.82) is 0 Å².